The number of hydrogen-bond donors (Lipinski definition) is 0. The van der Waals surface area contributed by atoms with E-state index in [9.17, 15) is 0 Å². The normalized spacial score (nSPS) is 14.3. The first-order valence-electron chi connectivity index (χ1n) is 11.4. The van der Waals surface area contributed by atoms with Crippen LogP contribution >= 0.6 is 11.6 Å². The fourth-order valence-electron chi connectivity index (χ4n) is 4.76. The molecule has 5 heterocycles. The molecular weight excluding hydrogens is 474 g/mol. The summed E-state index contributed by atoms with van der Waals surface area (Å²) in [6, 6.07) is 21.5. The van der Waals surface area contributed by atoms with E-state index in [0.717, 1.165) is 33.6 Å². The minimum Gasteiger partial charge on any atom is -0.420 e. The van der Waals surface area contributed by atoms with Gasteiger partial charge in [-0.15, -0.1) is 5.10 Å². The average Bonchev–Trinajstić information content (AvgIpc) is 3.50. The molecule has 9 heteroatoms. The van der Waals surface area contributed by atoms with Crippen molar-refractivity contribution < 1.29 is 4.74 Å². The Balaban J connectivity index is 1.52. The molecule has 1 atom stereocenters. The molecule has 0 fully saturated rings. The lowest BCUT2D eigenvalue weighted by molar-refractivity contribution is 0.402. The Morgan fingerprint density at radius 3 is 2.56 bits per heavy atom. The molecule has 0 saturated carbocycles. The second-order valence-electron chi connectivity index (χ2n) is 8.52. The molecule has 36 heavy (non-hydrogen) atoms. The summed E-state index contributed by atoms with van der Waals surface area (Å²) in [6.07, 6.45) is 5.08. The van der Waals surface area contributed by atoms with Crippen LogP contribution in [0.3, 0.4) is 0 Å². The van der Waals surface area contributed by atoms with Crippen molar-refractivity contribution in [3.8, 4) is 28.8 Å². The van der Waals surface area contributed by atoms with Crippen LogP contribution in [0.5, 0.6) is 11.8 Å². The number of hydrogen-bond acceptors (Lipinski definition) is 6. The van der Waals surface area contributed by atoms with Crippen molar-refractivity contribution in [3.63, 3.8) is 0 Å². The number of halogens is 1. The number of nitrogens with zero attached hydrogens (tertiary/aromatic N) is 7. The maximum atomic E-state index is 6.78. The molecule has 0 bridgehead atoms. The Bertz CT molecular complexity index is 1750. The van der Waals surface area contributed by atoms with Gasteiger partial charge in [-0.1, -0.05) is 48.0 Å². The molecule has 0 N–H and O–H groups in total. The van der Waals surface area contributed by atoms with Crippen molar-refractivity contribution in [1.29, 1.82) is 0 Å². The predicted octanol–water partition coefficient (Wildman–Crippen LogP) is 5.62. The van der Waals surface area contributed by atoms with Crippen molar-refractivity contribution in [2.45, 2.75) is 12.8 Å². The van der Waals surface area contributed by atoms with E-state index in [1.54, 1.807) is 23.2 Å². The molecule has 1 unspecified atom stereocenters. The zero-order valence-corrected chi connectivity index (χ0v) is 19.8. The molecule has 0 saturated heterocycles. The molecular formula is C27H18ClN7O. The third-order valence-electron chi connectivity index (χ3n) is 6.36. The van der Waals surface area contributed by atoms with Gasteiger partial charge in [0.1, 0.15) is 6.33 Å². The van der Waals surface area contributed by atoms with Crippen LogP contribution in [0.1, 0.15) is 28.3 Å². The number of fused-ring (bicyclic) bond motifs is 4. The highest BCUT2D eigenvalue weighted by Gasteiger charge is 2.38. The maximum Gasteiger partial charge on any atom is 0.230 e. The van der Waals surface area contributed by atoms with Gasteiger partial charge < -0.3 is 4.74 Å². The molecule has 1 aliphatic rings. The number of aryl methyl sites for hydroxylation is 1. The number of para-hydroxylation sites is 1. The summed E-state index contributed by atoms with van der Waals surface area (Å²) in [4.78, 5) is 13.7. The van der Waals surface area contributed by atoms with Gasteiger partial charge >= 0.3 is 0 Å². The quantitative estimate of drug-likeness (QED) is 0.319. The number of aromatic nitrogens is 7. The maximum absolute atomic E-state index is 6.78. The predicted molar refractivity (Wildman–Crippen MR) is 135 cm³/mol. The summed E-state index contributed by atoms with van der Waals surface area (Å²) in [5, 5.41) is 10.2. The minimum absolute atomic E-state index is 0.308. The van der Waals surface area contributed by atoms with Crippen LogP contribution in [0.4, 0.5) is 0 Å². The SMILES string of the molecule is Cc1nn(-c2ccccc2)c2c1C(c1ccccc1Cl)c1c(ncn3nc(-c4cccnc4)nc13)O2. The molecule has 174 valence electrons. The van der Waals surface area contributed by atoms with Gasteiger partial charge in [-0.05, 0) is 42.8 Å². The second kappa shape index (κ2) is 8.00. The summed E-state index contributed by atoms with van der Waals surface area (Å²) in [6.45, 7) is 1.98. The third-order valence-corrected chi connectivity index (χ3v) is 6.70. The summed E-state index contributed by atoms with van der Waals surface area (Å²) < 4.78 is 9.94. The van der Waals surface area contributed by atoms with E-state index in [4.69, 9.17) is 26.4 Å². The summed E-state index contributed by atoms with van der Waals surface area (Å²) in [5.74, 6) is 1.30. The monoisotopic (exact) mass is 491 g/mol. The van der Waals surface area contributed by atoms with Crippen molar-refractivity contribution in [2.75, 3.05) is 0 Å². The number of pyridine rings is 1. The van der Waals surface area contributed by atoms with Crippen LogP contribution in [0, 0.1) is 6.92 Å². The Labute approximate surface area is 210 Å². The van der Waals surface area contributed by atoms with Crippen molar-refractivity contribution in [3.05, 3.63) is 113 Å². The Morgan fingerprint density at radius 2 is 1.75 bits per heavy atom. The average molecular weight is 492 g/mol. The topological polar surface area (TPSA) is 83.0 Å². The van der Waals surface area contributed by atoms with Crippen molar-refractivity contribution in [1.82, 2.24) is 34.3 Å². The lowest BCUT2D eigenvalue weighted by atomic mass is 9.84. The fourth-order valence-corrected chi connectivity index (χ4v) is 5.00. The van der Waals surface area contributed by atoms with Gasteiger partial charge in [0.2, 0.25) is 11.8 Å². The van der Waals surface area contributed by atoms with Crippen LogP contribution in [0.15, 0.2) is 85.5 Å². The molecule has 0 spiro atoms. The standard InChI is InChI=1S/C27H18ClN7O/c1-16-21-22(19-11-5-6-12-20(19)28)23-25-31-24(17-8-7-13-29-14-17)33-34(25)15-30-26(23)36-27(21)35(32-16)18-9-3-2-4-10-18/h2-15,22H,1H3. The van der Waals surface area contributed by atoms with E-state index in [1.165, 1.54) is 0 Å². The van der Waals surface area contributed by atoms with E-state index in [2.05, 4.69) is 15.1 Å². The summed E-state index contributed by atoms with van der Waals surface area (Å²) in [5.41, 5.74) is 5.80. The van der Waals surface area contributed by atoms with Crippen molar-refractivity contribution >= 4 is 17.2 Å². The molecule has 1 aliphatic heterocycles. The van der Waals surface area contributed by atoms with Gasteiger partial charge in [-0.3, -0.25) is 4.98 Å². The van der Waals surface area contributed by atoms with Crippen LogP contribution in [0.25, 0.3) is 22.7 Å². The van der Waals surface area contributed by atoms with Gasteiger partial charge in [0.25, 0.3) is 0 Å². The first-order chi connectivity index (χ1) is 17.7. The zero-order valence-electron chi connectivity index (χ0n) is 19.1. The molecule has 0 radical (unpaired) electrons. The Hall–Kier alpha value is -4.56. The number of rotatable bonds is 3. The fraction of sp³-hybridized carbons (Fsp3) is 0.0741. The molecule has 4 aromatic heterocycles. The largest absolute Gasteiger partial charge is 0.420 e. The highest BCUT2D eigenvalue weighted by atomic mass is 35.5. The van der Waals surface area contributed by atoms with E-state index in [0.29, 0.717) is 28.3 Å². The number of benzene rings is 2. The van der Waals surface area contributed by atoms with Gasteiger partial charge in [-0.25, -0.2) is 19.2 Å². The number of ether oxygens (including phenoxy) is 1. The van der Waals surface area contributed by atoms with Gasteiger partial charge in [0.15, 0.2) is 11.5 Å². The van der Waals surface area contributed by atoms with Crippen molar-refractivity contribution in [2.24, 2.45) is 0 Å². The first-order valence-corrected chi connectivity index (χ1v) is 11.8. The molecule has 0 aliphatic carbocycles. The van der Waals surface area contributed by atoms with Gasteiger partial charge in [-0.2, -0.15) is 5.10 Å². The first kappa shape index (κ1) is 20.8. The van der Waals surface area contributed by atoms with E-state index in [-0.39, 0.29) is 5.92 Å². The molecule has 8 nitrogen and oxygen atoms in total. The second-order valence-corrected chi connectivity index (χ2v) is 8.92. The van der Waals surface area contributed by atoms with E-state index < -0.39 is 0 Å². The lowest BCUT2D eigenvalue weighted by Gasteiger charge is -2.27. The highest BCUT2D eigenvalue weighted by molar-refractivity contribution is 6.31. The molecule has 2 aromatic carbocycles. The Morgan fingerprint density at radius 1 is 0.917 bits per heavy atom. The van der Waals surface area contributed by atoms with Gasteiger partial charge in [0, 0.05) is 23.0 Å². The molecule has 6 aromatic rings. The lowest BCUT2D eigenvalue weighted by Crippen LogP contribution is -2.16. The Kier molecular flexibility index (Phi) is 4.62. The van der Waals surface area contributed by atoms with Gasteiger partial charge in [0.05, 0.1) is 28.4 Å². The summed E-state index contributed by atoms with van der Waals surface area (Å²) >= 11 is 6.78. The zero-order chi connectivity index (χ0) is 24.2. The summed E-state index contributed by atoms with van der Waals surface area (Å²) in [7, 11) is 0. The van der Waals surface area contributed by atoms with Crippen LogP contribution < -0.4 is 4.74 Å². The molecule has 0 amide bonds. The minimum atomic E-state index is -0.308. The van der Waals surface area contributed by atoms with Crippen LogP contribution in [-0.4, -0.2) is 34.3 Å². The molecule has 7 rings (SSSR count). The van der Waals surface area contributed by atoms with Crippen LogP contribution in [0.2, 0.25) is 5.02 Å². The smallest absolute Gasteiger partial charge is 0.230 e. The van der Waals surface area contributed by atoms with E-state index >= 15 is 0 Å². The third kappa shape index (κ3) is 3.11. The highest BCUT2D eigenvalue weighted by Crippen LogP contribution is 2.50. The van der Waals surface area contributed by atoms with E-state index in [1.807, 2.05) is 78.3 Å². The van der Waals surface area contributed by atoms with Crippen LogP contribution in [-0.2, 0) is 0 Å².